The second-order valence-corrected chi connectivity index (χ2v) is 6.03. The van der Waals surface area contributed by atoms with Gasteiger partial charge in [-0.15, -0.1) is 0 Å². The van der Waals surface area contributed by atoms with E-state index in [-0.39, 0.29) is 5.56 Å². The second kappa shape index (κ2) is 6.15. The van der Waals surface area contributed by atoms with Gasteiger partial charge in [0, 0.05) is 45.8 Å². The van der Waals surface area contributed by atoms with Crippen LogP contribution in [0.4, 0.5) is 11.6 Å². The predicted octanol–water partition coefficient (Wildman–Crippen LogP) is 0.266. The van der Waals surface area contributed by atoms with Gasteiger partial charge in [0.25, 0.3) is 5.56 Å². The van der Waals surface area contributed by atoms with Crippen molar-refractivity contribution in [3.05, 3.63) is 35.1 Å². The highest BCUT2D eigenvalue weighted by Gasteiger charge is 2.22. The van der Waals surface area contributed by atoms with Crippen molar-refractivity contribution in [1.29, 1.82) is 0 Å². The zero-order chi connectivity index (χ0) is 17.4. The Morgan fingerprint density at radius 3 is 2.52 bits per heavy atom. The summed E-state index contributed by atoms with van der Waals surface area (Å²) in [6.45, 7) is 6.16. The van der Waals surface area contributed by atoms with Crippen molar-refractivity contribution in [3.8, 4) is 0 Å². The van der Waals surface area contributed by atoms with E-state index in [4.69, 9.17) is 0 Å². The largest absolute Gasteiger partial charge is 0.352 e. The van der Waals surface area contributed by atoms with Gasteiger partial charge in [0.2, 0.25) is 0 Å². The van der Waals surface area contributed by atoms with Gasteiger partial charge in [-0.05, 0) is 13.0 Å². The first-order chi connectivity index (χ1) is 12.2. The van der Waals surface area contributed by atoms with Crippen molar-refractivity contribution in [1.82, 2.24) is 29.3 Å². The number of fused-ring (bicyclic) bond motifs is 1. The predicted molar refractivity (Wildman–Crippen MR) is 94.9 cm³/mol. The molecule has 0 spiro atoms. The van der Waals surface area contributed by atoms with E-state index in [0.717, 1.165) is 55.5 Å². The van der Waals surface area contributed by atoms with Crippen LogP contribution in [0.5, 0.6) is 0 Å². The molecule has 3 aromatic heterocycles. The molecule has 0 unspecified atom stereocenters. The van der Waals surface area contributed by atoms with Crippen LogP contribution in [0.15, 0.2) is 29.6 Å². The highest BCUT2D eigenvalue weighted by molar-refractivity contribution is 5.83. The standard InChI is InChI=1S/C16H20N8O/c1-3-22-11-19-14-15(22)17-10-18-16(14)24-8-6-23(7-9-24)12-4-5-13(25)21(2)20-12/h4-5,10-11H,3,6-9H2,1-2H3. The zero-order valence-electron chi connectivity index (χ0n) is 14.3. The Morgan fingerprint density at radius 2 is 1.80 bits per heavy atom. The monoisotopic (exact) mass is 340 g/mol. The molecule has 1 aliphatic heterocycles. The fourth-order valence-corrected chi connectivity index (χ4v) is 3.14. The van der Waals surface area contributed by atoms with E-state index in [1.807, 2.05) is 10.9 Å². The van der Waals surface area contributed by atoms with Crippen LogP contribution in [0.25, 0.3) is 11.2 Å². The first-order valence-corrected chi connectivity index (χ1v) is 8.37. The minimum absolute atomic E-state index is 0.0997. The van der Waals surface area contributed by atoms with E-state index in [1.54, 1.807) is 25.5 Å². The first-order valence-electron chi connectivity index (χ1n) is 8.37. The van der Waals surface area contributed by atoms with Crippen LogP contribution in [0.1, 0.15) is 6.92 Å². The highest BCUT2D eigenvalue weighted by atomic mass is 16.1. The van der Waals surface area contributed by atoms with Crippen molar-refractivity contribution in [3.63, 3.8) is 0 Å². The normalized spacial score (nSPS) is 15.1. The molecule has 9 heteroatoms. The molecule has 0 bridgehead atoms. The lowest BCUT2D eigenvalue weighted by Crippen LogP contribution is -2.47. The summed E-state index contributed by atoms with van der Waals surface area (Å²) in [5.41, 5.74) is 1.62. The molecule has 0 atom stereocenters. The zero-order valence-corrected chi connectivity index (χ0v) is 14.3. The summed E-state index contributed by atoms with van der Waals surface area (Å²) in [6.07, 6.45) is 3.42. The number of nitrogens with zero attached hydrogens (tertiary/aromatic N) is 8. The Bertz CT molecular complexity index is 954. The molecule has 0 saturated carbocycles. The fourth-order valence-electron chi connectivity index (χ4n) is 3.14. The van der Waals surface area contributed by atoms with Crippen LogP contribution in [0, 0.1) is 0 Å². The molecule has 25 heavy (non-hydrogen) atoms. The van der Waals surface area contributed by atoms with Crippen LogP contribution in [-0.4, -0.2) is 55.5 Å². The van der Waals surface area contributed by atoms with E-state index in [2.05, 4.69) is 36.8 Å². The Balaban J connectivity index is 1.55. The smallest absolute Gasteiger partial charge is 0.266 e. The molecule has 0 aromatic carbocycles. The van der Waals surface area contributed by atoms with Crippen LogP contribution in [-0.2, 0) is 13.6 Å². The maximum atomic E-state index is 11.5. The maximum Gasteiger partial charge on any atom is 0.266 e. The molecule has 130 valence electrons. The summed E-state index contributed by atoms with van der Waals surface area (Å²) in [5.74, 6) is 1.70. The van der Waals surface area contributed by atoms with Gasteiger partial charge in [-0.2, -0.15) is 5.10 Å². The molecule has 0 aliphatic carbocycles. The van der Waals surface area contributed by atoms with Crippen LogP contribution < -0.4 is 15.4 Å². The summed E-state index contributed by atoms with van der Waals surface area (Å²) in [6, 6.07) is 3.34. The average Bonchev–Trinajstić information content (AvgIpc) is 3.07. The molecule has 4 heterocycles. The van der Waals surface area contributed by atoms with E-state index < -0.39 is 0 Å². The van der Waals surface area contributed by atoms with Gasteiger partial charge in [0.05, 0.1) is 6.33 Å². The van der Waals surface area contributed by atoms with Crippen molar-refractivity contribution < 1.29 is 0 Å². The average molecular weight is 340 g/mol. The molecule has 4 rings (SSSR count). The number of rotatable bonds is 3. The molecule has 0 N–H and O–H groups in total. The highest BCUT2D eigenvalue weighted by Crippen LogP contribution is 2.23. The number of hydrogen-bond acceptors (Lipinski definition) is 7. The summed E-state index contributed by atoms with van der Waals surface area (Å²) in [5, 5.41) is 4.33. The molecule has 1 aliphatic rings. The SMILES string of the molecule is CCn1cnc2c(N3CCN(c4ccc(=O)n(C)n4)CC3)ncnc21. The van der Waals surface area contributed by atoms with Gasteiger partial charge in [0.1, 0.15) is 12.1 Å². The minimum atomic E-state index is -0.0997. The third-order valence-corrected chi connectivity index (χ3v) is 4.57. The number of imidazole rings is 1. The van der Waals surface area contributed by atoms with Crippen LogP contribution >= 0.6 is 0 Å². The van der Waals surface area contributed by atoms with Crippen molar-refractivity contribution in [2.45, 2.75) is 13.5 Å². The molecule has 1 saturated heterocycles. The summed E-state index contributed by atoms with van der Waals surface area (Å²) in [7, 11) is 1.67. The lowest BCUT2D eigenvalue weighted by atomic mass is 10.3. The fraction of sp³-hybridized carbons (Fsp3) is 0.438. The molecule has 0 amide bonds. The van der Waals surface area contributed by atoms with Crippen molar-refractivity contribution in [2.75, 3.05) is 36.0 Å². The second-order valence-electron chi connectivity index (χ2n) is 6.03. The minimum Gasteiger partial charge on any atom is -0.352 e. The lowest BCUT2D eigenvalue weighted by molar-refractivity contribution is 0.620. The van der Waals surface area contributed by atoms with E-state index in [1.165, 1.54) is 4.68 Å². The summed E-state index contributed by atoms with van der Waals surface area (Å²) in [4.78, 5) is 29.2. The number of aromatic nitrogens is 6. The Hall–Kier alpha value is -2.97. The number of hydrogen-bond donors (Lipinski definition) is 0. The number of piperazine rings is 1. The van der Waals surface area contributed by atoms with Gasteiger partial charge in [-0.25, -0.2) is 19.6 Å². The third-order valence-electron chi connectivity index (χ3n) is 4.57. The third kappa shape index (κ3) is 2.71. The van der Waals surface area contributed by atoms with E-state index in [9.17, 15) is 4.79 Å². The van der Waals surface area contributed by atoms with Crippen molar-refractivity contribution >= 4 is 22.8 Å². The molecule has 9 nitrogen and oxygen atoms in total. The van der Waals surface area contributed by atoms with Gasteiger partial charge in [-0.3, -0.25) is 4.79 Å². The van der Waals surface area contributed by atoms with Gasteiger partial charge in [0.15, 0.2) is 17.0 Å². The van der Waals surface area contributed by atoms with Crippen LogP contribution in [0.2, 0.25) is 0 Å². The van der Waals surface area contributed by atoms with E-state index >= 15 is 0 Å². The number of anilines is 2. The Kier molecular flexibility index (Phi) is 3.83. The molecular formula is C16H20N8O. The van der Waals surface area contributed by atoms with E-state index in [0.29, 0.717) is 0 Å². The molecule has 1 fully saturated rings. The lowest BCUT2D eigenvalue weighted by Gasteiger charge is -2.35. The molecule has 3 aromatic rings. The quantitative estimate of drug-likeness (QED) is 0.676. The molecule has 0 radical (unpaired) electrons. The maximum absolute atomic E-state index is 11.5. The Morgan fingerprint density at radius 1 is 1.04 bits per heavy atom. The van der Waals surface area contributed by atoms with Gasteiger partial charge in [-0.1, -0.05) is 0 Å². The molecular weight excluding hydrogens is 320 g/mol. The first kappa shape index (κ1) is 15.6. The summed E-state index contributed by atoms with van der Waals surface area (Å²) < 4.78 is 3.39. The van der Waals surface area contributed by atoms with Gasteiger partial charge >= 0.3 is 0 Å². The van der Waals surface area contributed by atoms with Crippen LogP contribution in [0.3, 0.4) is 0 Å². The van der Waals surface area contributed by atoms with Gasteiger partial charge < -0.3 is 14.4 Å². The van der Waals surface area contributed by atoms with Crippen molar-refractivity contribution in [2.24, 2.45) is 7.05 Å². The summed E-state index contributed by atoms with van der Waals surface area (Å²) >= 11 is 0. The number of aryl methyl sites for hydroxylation is 2. The topological polar surface area (TPSA) is 85.0 Å². The Labute approximate surface area is 144 Å².